The summed E-state index contributed by atoms with van der Waals surface area (Å²) in [6, 6.07) is 12.5. The van der Waals surface area contributed by atoms with Crippen molar-refractivity contribution < 1.29 is 14.6 Å². The first-order chi connectivity index (χ1) is 16.6. The van der Waals surface area contributed by atoms with Crippen molar-refractivity contribution in [1.29, 1.82) is 0 Å². The number of pyridine rings is 1. The molecule has 6 heteroatoms. The van der Waals surface area contributed by atoms with Crippen molar-refractivity contribution >= 4 is 28.2 Å². The molecule has 2 aromatic heterocycles. The maximum absolute atomic E-state index is 11.3. The molecule has 0 radical (unpaired) electrons. The number of piperidine rings is 1. The second kappa shape index (κ2) is 12.3. The van der Waals surface area contributed by atoms with E-state index in [1.54, 1.807) is 7.11 Å². The van der Waals surface area contributed by atoms with Crippen molar-refractivity contribution in [2.24, 2.45) is 11.8 Å². The van der Waals surface area contributed by atoms with Crippen LogP contribution in [0.3, 0.4) is 0 Å². The molecule has 182 valence electrons. The van der Waals surface area contributed by atoms with Crippen LogP contribution in [0.2, 0.25) is 0 Å². The molecule has 1 N–H and O–H groups in total. The third-order valence-electron chi connectivity index (χ3n) is 7.24. The van der Waals surface area contributed by atoms with Gasteiger partial charge in [-0.1, -0.05) is 6.07 Å². The van der Waals surface area contributed by atoms with Gasteiger partial charge in [0.1, 0.15) is 5.75 Å². The van der Waals surface area contributed by atoms with Gasteiger partial charge >= 0.3 is 5.97 Å². The fourth-order valence-electron chi connectivity index (χ4n) is 5.39. The molecule has 1 aliphatic heterocycles. The Hall–Kier alpha value is -2.44. The molecule has 0 aliphatic carbocycles. The summed E-state index contributed by atoms with van der Waals surface area (Å²) in [7, 11) is 1.70. The smallest absolute Gasteiger partial charge is 0.303 e. The molecular formula is C28H36N2O3S. The van der Waals surface area contributed by atoms with E-state index >= 15 is 0 Å². The number of ether oxygens (including phenoxy) is 1. The average Bonchev–Trinajstić information content (AvgIpc) is 3.37. The molecule has 1 saturated heterocycles. The Balaban J connectivity index is 1.32. The van der Waals surface area contributed by atoms with Crippen LogP contribution in [0.1, 0.15) is 49.0 Å². The lowest BCUT2D eigenvalue weighted by Gasteiger charge is -2.39. The van der Waals surface area contributed by atoms with Crippen molar-refractivity contribution in [3.05, 3.63) is 58.4 Å². The van der Waals surface area contributed by atoms with Gasteiger partial charge in [0.25, 0.3) is 0 Å². The van der Waals surface area contributed by atoms with Crippen molar-refractivity contribution in [3.63, 3.8) is 0 Å². The first-order valence-corrected chi connectivity index (χ1v) is 13.4. The summed E-state index contributed by atoms with van der Waals surface area (Å²) in [4.78, 5) is 19.8. The summed E-state index contributed by atoms with van der Waals surface area (Å²) < 4.78 is 5.42. The van der Waals surface area contributed by atoms with Crippen LogP contribution in [0.5, 0.6) is 5.75 Å². The third kappa shape index (κ3) is 6.80. The van der Waals surface area contributed by atoms with Gasteiger partial charge in [0.05, 0.1) is 12.6 Å². The summed E-state index contributed by atoms with van der Waals surface area (Å²) in [5.74, 6) is 1.27. The number of likely N-dealkylation sites (tertiary alicyclic amines) is 1. The number of carboxylic acid groups (broad SMARTS) is 1. The van der Waals surface area contributed by atoms with E-state index in [0.29, 0.717) is 11.8 Å². The van der Waals surface area contributed by atoms with Gasteiger partial charge in [-0.2, -0.15) is 0 Å². The number of hydrogen-bond acceptors (Lipinski definition) is 5. The maximum atomic E-state index is 11.3. The molecule has 0 spiro atoms. The van der Waals surface area contributed by atoms with Crippen molar-refractivity contribution in [1.82, 2.24) is 9.88 Å². The van der Waals surface area contributed by atoms with Crippen LogP contribution in [0.4, 0.5) is 0 Å². The second-order valence-electron chi connectivity index (χ2n) is 9.47. The number of carbonyl (C=O) groups is 1. The molecule has 1 fully saturated rings. The predicted molar refractivity (Wildman–Crippen MR) is 139 cm³/mol. The summed E-state index contributed by atoms with van der Waals surface area (Å²) in [5.41, 5.74) is 2.32. The van der Waals surface area contributed by atoms with Crippen LogP contribution >= 0.6 is 11.3 Å². The summed E-state index contributed by atoms with van der Waals surface area (Å²) in [6.45, 7) is 3.28. The highest BCUT2D eigenvalue weighted by atomic mass is 32.1. The highest BCUT2D eigenvalue weighted by Crippen LogP contribution is 2.32. The lowest BCUT2D eigenvalue weighted by Crippen LogP contribution is -2.41. The molecule has 0 bridgehead atoms. The zero-order valence-corrected chi connectivity index (χ0v) is 20.9. The number of nitrogens with zero attached hydrogens (tertiary/aromatic N) is 2. The number of carboxylic acids is 1. The van der Waals surface area contributed by atoms with Crippen LogP contribution in [-0.4, -0.2) is 47.7 Å². The van der Waals surface area contributed by atoms with E-state index in [4.69, 9.17) is 4.74 Å². The van der Waals surface area contributed by atoms with Gasteiger partial charge in [0.2, 0.25) is 0 Å². The molecule has 1 aliphatic rings. The molecule has 0 amide bonds. The first-order valence-electron chi connectivity index (χ1n) is 12.5. The van der Waals surface area contributed by atoms with Gasteiger partial charge in [-0.05, 0) is 111 Å². The molecule has 1 aromatic carbocycles. The Morgan fingerprint density at radius 1 is 1.18 bits per heavy atom. The summed E-state index contributed by atoms with van der Waals surface area (Å²) in [5, 5.41) is 12.6. The number of methoxy groups -OCH3 is 1. The van der Waals surface area contributed by atoms with Crippen LogP contribution in [0.15, 0.2) is 48.0 Å². The monoisotopic (exact) mass is 480 g/mol. The number of aromatic nitrogens is 1. The standard InChI is InChI=1S/C28H36N2O3S/c1-33-24-10-11-27-26(19-24)22(13-15-29-27)6-2-5-21-14-17-30(20-23(21)9-12-28(31)32)16-3-7-25-8-4-18-34-25/h4,8,10-11,13,15,18-19,21,23H,2-3,5-7,9,12,14,16-17,20H2,1H3,(H,31,32). The molecule has 4 rings (SSSR count). The topological polar surface area (TPSA) is 62.7 Å². The second-order valence-corrected chi connectivity index (χ2v) is 10.5. The van der Waals surface area contributed by atoms with Crippen molar-refractivity contribution in [3.8, 4) is 5.75 Å². The Morgan fingerprint density at radius 3 is 2.88 bits per heavy atom. The van der Waals surface area contributed by atoms with E-state index in [1.165, 1.54) is 28.7 Å². The Morgan fingerprint density at radius 2 is 2.09 bits per heavy atom. The first kappa shape index (κ1) is 24.7. The minimum absolute atomic E-state index is 0.277. The number of benzene rings is 1. The lowest BCUT2D eigenvalue weighted by atomic mass is 9.79. The molecule has 2 unspecified atom stereocenters. The van der Waals surface area contributed by atoms with E-state index in [-0.39, 0.29) is 6.42 Å². The van der Waals surface area contributed by atoms with E-state index in [2.05, 4.69) is 39.5 Å². The minimum atomic E-state index is -0.675. The third-order valence-corrected chi connectivity index (χ3v) is 8.18. The van der Waals surface area contributed by atoms with Gasteiger partial charge < -0.3 is 14.7 Å². The van der Waals surface area contributed by atoms with E-state index in [1.807, 2.05) is 29.7 Å². The Kier molecular flexibility index (Phi) is 8.94. The molecular weight excluding hydrogens is 444 g/mol. The largest absolute Gasteiger partial charge is 0.497 e. The zero-order chi connectivity index (χ0) is 23.8. The Bertz CT molecular complexity index is 1050. The molecule has 3 heterocycles. The molecule has 5 nitrogen and oxygen atoms in total. The lowest BCUT2D eigenvalue weighted by molar-refractivity contribution is -0.137. The number of rotatable bonds is 12. The number of fused-ring (bicyclic) bond motifs is 1. The molecule has 0 saturated carbocycles. The van der Waals surface area contributed by atoms with Gasteiger partial charge in [0.15, 0.2) is 0 Å². The SMILES string of the molecule is COc1ccc2nccc(CCCC3CCN(CCCc4cccs4)CC3CCC(=O)O)c2c1. The van der Waals surface area contributed by atoms with E-state index in [9.17, 15) is 9.90 Å². The minimum Gasteiger partial charge on any atom is -0.497 e. The van der Waals surface area contributed by atoms with Gasteiger partial charge in [0, 0.05) is 29.4 Å². The summed E-state index contributed by atoms with van der Waals surface area (Å²) in [6.07, 6.45) is 9.73. The highest BCUT2D eigenvalue weighted by molar-refractivity contribution is 7.09. The quantitative estimate of drug-likeness (QED) is 0.341. The molecule has 2 atom stereocenters. The number of aryl methyl sites for hydroxylation is 2. The fraction of sp³-hybridized carbons (Fsp3) is 0.500. The van der Waals surface area contributed by atoms with E-state index < -0.39 is 5.97 Å². The van der Waals surface area contributed by atoms with Crippen LogP contribution in [-0.2, 0) is 17.6 Å². The maximum Gasteiger partial charge on any atom is 0.303 e. The summed E-state index contributed by atoms with van der Waals surface area (Å²) >= 11 is 1.84. The molecule has 3 aromatic rings. The zero-order valence-electron chi connectivity index (χ0n) is 20.1. The fourth-order valence-corrected chi connectivity index (χ4v) is 6.14. The van der Waals surface area contributed by atoms with Crippen molar-refractivity contribution in [2.75, 3.05) is 26.7 Å². The van der Waals surface area contributed by atoms with Crippen LogP contribution in [0, 0.1) is 11.8 Å². The molecule has 34 heavy (non-hydrogen) atoms. The predicted octanol–water partition coefficient (Wildman–Crippen LogP) is 6.06. The number of aliphatic carboxylic acids is 1. The van der Waals surface area contributed by atoms with Gasteiger partial charge in [-0.15, -0.1) is 11.3 Å². The average molecular weight is 481 g/mol. The van der Waals surface area contributed by atoms with Crippen molar-refractivity contribution in [2.45, 2.75) is 51.4 Å². The Labute approximate surface area is 206 Å². The number of hydrogen-bond donors (Lipinski definition) is 1. The highest BCUT2D eigenvalue weighted by Gasteiger charge is 2.29. The van der Waals surface area contributed by atoms with Gasteiger partial charge in [-0.3, -0.25) is 9.78 Å². The number of thiophene rings is 1. The normalized spacial score (nSPS) is 18.9. The van der Waals surface area contributed by atoms with Gasteiger partial charge in [-0.25, -0.2) is 0 Å². The van der Waals surface area contributed by atoms with Crippen LogP contribution in [0.25, 0.3) is 10.9 Å². The van der Waals surface area contributed by atoms with Crippen LogP contribution < -0.4 is 4.74 Å². The van der Waals surface area contributed by atoms with E-state index in [0.717, 1.165) is 63.0 Å².